The molecular weight excluding hydrogens is 180 g/mol. The first-order valence-electron chi connectivity index (χ1n) is 5.36. The van der Waals surface area contributed by atoms with E-state index in [-0.39, 0.29) is 0 Å². The Morgan fingerprint density at radius 3 is 2.38 bits per heavy atom. The molecule has 2 heteroatoms. The molecule has 76 valence electrons. The third-order valence-corrected chi connectivity index (χ3v) is 5.59. The van der Waals surface area contributed by atoms with E-state index >= 15 is 0 Å². The van der Waals surface area contributed by atoms with Gasteiger partial charge in [0.05, 0.1) is 0 Å². The molecule has 1 saturated heterocycles. The predicted molar refractivity (Wildman–Crippen MR) is 58.0 cm³/mol. The molecule has 0 aromatic heterocycles. The topological polar surface area (TPSA) is 20.2 Å². The highest BCUT2D eigenvalue weighted by molar-refractivity contribution is 8.00. The average molecular weight is 200 g/mol. The van der Waals surface area contributed by atoms with Crippen molar-refractivity contribution < 1.29 is 5.11 Å². The van der Waals surface area contributed by atoms with Gasteiger partial charge in [0.25, 0.3) is 0 Å². The summed E-state index contributed by atoms with van der Waals surface area (Å²) in [6.07, 6.45) is 5.17. The summed E-state index contributed by atoms with van der Waals surface area (Å²) in [6, 6.07) is 0. The van der Waals surface area contributed by atoms with Gasteiger partial charge in [0, 0.05) is 11.4 Å². The molecule has 1 heterocycles. The van der Waals surface area contributed by atoms with E-state index in [2.05, 4.69) is 25.6 Å². The maximum absolute atomic E-state index is 9.52. The summed E-state index contributed by atoms with van der Waals surface area (Å²) in [5, 5.41) is 9.52. The van der Waals surface area contributed by atoms with Crippen LogP contribution in [0.25, 0.3) is 0 Å². The van der Waals surface area contributed by atoms with Crippen LogP contribution in [-0.4, -0.2) is 22.2 Å². The molecule has 2 rings (SSSR count). The second-order valence-corrected chi connectivity index (χ2v) is 6.92. The summed E-state index contributed by atoms with van der Waals surface area (Å²) in [6.45, 7) is 5.12. The Morgan fingerprint density at radius 2 is 2.08 bits per heavy atom. The summed E-state index contributed by atoms with van der Waals surface area (Å²) in [7, 11) is 0. The van der Waals surface area contributed by atoms with E-state index < -0.39 is 0 Å². The van der Waals surface area contributed by atoms with E-state index in [4.69, 9.17) is 0 Å². The van der Waals surface area contributed by atoms with Crippen LogP contribution in [0.5, 0.6) is 0 Å². The zero-order chi connectivity index (χ0) is 9.53. The fourth-order valence-electron chi connectivity index (χ4n) is 3.18. The van der Waals surface area contributed by atoms with E-state index in [0.717, 1.165) is 5.92 Å². The lowest BCUT2D eigenvalue weighted by Gasteiger charge is -2.49. The van der Waals surface area contributed by atoms with E-state index in [9.17, 15) is 5.11 Å². The molecule has 1 aliphatic heterocycles. The fraction of sp³-hybridized carbons (Fsp3) is 1.00. The summed E-state index contributed by atoms with van der Waals surface area (Å²) < 4.78 is 0.406. The Hall–Kier alpha value is 0.310. The standard InChI is InChI=1S/C11H20OS/c1-10(2)9(4-7-13-10)11(8-12)5-3-6-11/h9,12H,3-8H2,1-2H3. The van der Waals surface area contributed by atoms with Crippen LogP contribution in [0.3, 0.4) is 0 Å². The molecule has 1 atom stereocenters. The van der Waals surface area contributed by atoms with Crippen molar-refractivity contribution >= 4 is 11.8 Å². The largest absolute Gasteiger partial charge is 0.396 e. The van der Waals surface area contributed by atoms with Crippen LogP contribution in [0.1, 0.15) is 39.5 Å². The van der Waals surface area contributed by atoms with Crippen molar-refractivity contribution in [1.82, 2.24) is 0 Å². The molecule has 0 aromatic carbocycles. The highest BCUT2D eigenvalue weighted by Crippen LogP contribution is 2.58. The molecule has 0 radical (unpaired) electrons. The molecular formula is C11H20OS. The van der Waals surface area contributed by atoms with Gasteiger partial charge in [-0.25, -0.2) is 0 Å². The van der Waals surface area contributed by atoms with Crippen LogP contribution in [0.2, 0.25) is 0 Å². The number of rotatable bonds is 2. The number of hydrogen-bond acceptors (Lipinski definition) is 2. The van der Waals surface area contributed by atoms with Gasteiger partial charge in [-0.2, -0.15) is 11.8 Å². The Balaban J connectivity index is 2.14. The average Bonchev–Trinajstić information content (AvgIpc) is 2.31. The van der Waals surface area contributed by atoms with Crippen molar-refractivity contribution in [3.05, 3.63) is 0 Å². The monoisotopic (exact) mass is 200 g/mol. The molecule has 0 bridgehead atoms. The van der Waals surface area contributed by atoms with Gasteiger partial charge in [-0.15, -0.1) is 0 Å². The van der Waals surface area contributed by atoms with Crippen LogP contribution in [0, 0.1) is 11.3 Å². The maximum atomic E-state index is 9.52. The Labute approximate surface area is 85.3 Å². The van der Waals surface area contributed by atoms with Crippen molar-refractivity contribution in [2.75, 3.05) is 12.4 Å². The Kier molecular flexibility index (Phi) is 2.40. The molecule has 2 aliphatic rings. The van der Waals surface area contributed by atoms with Crippen LogP contribution in [-0.2, 0) is 0 Å². The van der Waals surface area contributed by atoms with E-state index in [1.165, 1.54) is 31.4 Å². The highest BCUT2D eigenvalue weighted by Gasteiger charge is 2.51. The van der Waals surface area contributed by atoms with Crippen LogP contribution < -0.4 is 0 Å². The normalized spacial score (nSPS) is 35.8. The number of aliphatic hydroxyl groups is 1. The minimum Gasteiger partial charge on any atom is -0.396 e. The van der Waals surface area contributed by atoms with Gasteiger partial charge in [-0.3, -0.25) is 0 Å². The van der Waals surface area contributed by atoms with Gasteiger partial charge in [-0.1, -0.05) is 20.3 Å². The first kappa shape index (κ1) is 9.85. The van der Waals surface area contributed by atoms with Gasteiger partial charge in [0.1, 0.15) is 0 Å². The minimum absolute atomic E-state index is 0.312. The zero-order valence-corrected chi connectivity index (χ0v) is 9.49. The van der Waals surface area contributed by atoms with Crippen molar-refractivity contribution in [3.8, 4) is 0 Å². The molecule has 1 unspecified atom stereocenters. The lowest BCUT2D eigenvalue weighted by Crippen LogP contribution is -2.46. The van der Waals surface area contributed by atoms with Crippen molar-refractivity contribution in [3.63, 3.8) is 0 Å². The smallest absolute Gasteiger partial charge is 0.0490 e. The molecule has 2 fully saturated rings. The van der Waals surface area contributed by atoms with Crippen LogP contribution in [0.4, 0.5) is 0 Å². The summed E-state index contributed by atoms with van der Waals surface area (Å²) in [5.74, 6) is 2.04. The van der Waals surface area contributed by atoms with Gasteiger partial charge in [0.2, 0.25) is 0 Å². The molecule has 0 aromatic rings. The Morgan fingerprint density at radius 1 is 1.38 bits per heavy atom. The molecule has 1 N–H and O–H groups in total. The minimum atomic E-state index is 0.312. The van der Waals surface area contributed by atoms with Crippen molar-refractivity contribution in [1.29, 1.82) is 0 Å². The lowest BCUT2D eigenvalue weighted by atomic mass is 9.58. The first-order valence-corrected chi connectivity index (χ1v) is 6.34. The van der Waals surface area contributed by atoms with E-state index in [1.54, 1.807) is 0 Å². The molecule has 1 nitrogen and oxygen atoms in total. The Bertz CT molecular complexity index is 191. The van der Waals surface area contributed by atoms with Crippen molar-refractivity contribution in [2.45, 2.75) is 44.3 Å². The summed E-state index contributed by atoms with van der Waals surface area (Å²) in [4.78, 5) is 0. The second-order valence-electron chi connectivity index (χ2n) is 5.17. The lowest BCUT2D eigenvalue weighted by molar-refractivity contribution is -0.0234. The van der Waals surface area contributed by atoms with Crippen molar-refractivity contribution in [2.24, 2.45) is 11.3 Å². The van der Waals surface area contributed by atoms with Gasteiger partial charge in [-0.05, 0) is 36.3 Å². The third kappa shape index (κ3) is 1.42. The predicted octanol–water partition coefficient (Wildman–Crippen LogP) is 2.68. The summed E-state index contributed by atoms with van der Waals surface area (Å²) >= 11 is 2.09. The van der Waals surface area contributed by atoms with E-state index in [1.807, 2.05) is 0 Å². The third-order valence-electron chi connectivity index (χ3n) is 4.12. The van der Waals surface area contributed by atoms with Crippen LogP contribution in [0.15, 0.2) is 0 Å². The second kappa shape index (κ2) is 3.16. The zero-order valence-electron chi connectivity index (χ0n) is 8.68. The molecule has 0 spiro atoms. The van der Waals surface area contributed by atoms with Gasteiger partial charge in [0.15, 0.2) is 0 Å². The quantitative estimate of drug-likeness (QED) is 0.739. The van der Waals surface area contributed by atoms with Gasteiger partial charge < -0.3 is 5.11 Å². The fourth-order valence-corrected chi connectivity index (χ4v) is 4.63. The molecule has 13 heavy (non-hydrogen) atoms. The SMILES string of the molecule is CC1(C)SCCC1C1(CO)CCC1. The van der Waals surface area contributed by atoms with E-state index in [0.29, 0.717) is 16.8 Å². The number of thioether (sulfide) groups is 1. The highest BCUT2D eigenvalue weighted by atomic mass is 32.2. The molecule has 1 aliphatic carbocycles. The summed E-state index contributed by atoms with van der Waals surface area (Å²) in [5.41, 5.74) is 0.312. The number of aliphatic hydroxyl groups excluding tert-OH is 1. The number of hydrogen-bond donors (Lipinski definition) is 1. The van der Waals surface area contributed by atoms with Crippen LogP contribution >= 0.6 is 11.8 Å². The maximum Gasteiger partial charge on any atom is 0.0490 e. The first-order chi connectivity index (χ1) is 6.11. The molecule has 1 saturated carbocycles. The molecule has 0 amide bonds. The van der Waals surface area contributed by atoms with Gasteiger partial charge >= 0.3 is 0 Å².